The van der Waals surface area contributed by atoms with Crippen LogP contribution < -0.4 is 15.5 Å². The van der Waals surface area contributed by atoms with E-state index in [-0.39, 0.29) is 23.8 Å². The Hall–Kier alpha value is -3.50. The molecule has 1 aliphatic heterocycles. The number of hydrogen-bond acceptors (Lipinski definition) is 7. The Kier molecular flexibility index (Phi) is 6.47. The number of hydrogen-bond donors (Lipinski definition) is 2. The second kappa shape index (κ2) is 10.2. The topological polar surface area (TPSA) is 105 Å². The van der Waals surface area contributed by atoms with Crippen molar-refractivity contribution in [3.05, 3.63) is 47.8 Å². The molecular formula is C30H34N6O3S. The molecule has 208 valence electrons. The highest BCUT2D eigenvalue weighted by molar-refractivity contribution is 7.17. The molecule has 0 radical (unpaired) electrons. The van der Waals surface area contributed by atoms with Gasteiger partial charge in [0.2, 0.25) is 11.9 Å². The second-order valence-electron chi connectivity index (χ2n) is 11.7. The van der Waals surface area contributed by atoms with E-state index in [1.807, 2.05) is 25.2 Å². The highest BCUT2D eigenvalue weighted by atomic mass is 32.1. The van der Waals surface area contributed by atoms with E-state index in [1.54, 1.807) is 17.2 Å². The van der Waals surface area contributed by atoms with Crippen molar-refractivity contribution in [2.45, 2.75) is 57.4 Å². The molecule has 3 fully saturated rings. The van der Waals surface area contributed by atoms with Gasteiger partial charge in [-0.2, -0.15) is 0 Å². The van der Waals surface area contributed by atoms with Crippen LogP contribution in [0.25, 0.3) is 21.7 Å². The van der Waals surface area contributed by atoms with Gasteiger partial charge >= 0.3 is 0 Å². The highest BCUT2D eigenvalue weighted by Gasteiger charge is 2.47. The molecule has 10 heteroatoms. The molecule has 0 bridgehead atoms. The number of fused-ring (bicyclic) bond motifs is 1. The fourth-order valence-corrected chi connectivity index (χ4v) is 7.72. The third kappa shape index (κ3) is 4.53. The lowest BCUT2D eigenvalue weighted by Crippen LogP contribution is -2.40. The maximum Gasteiger partial charge on any atom is 0.268 e. The fourth-order valence-electron chi connectivity index (χ4n) is 6.86. The third-order valence-corrected chi connectivity index (χ3v) is 10.2. The monoisotopic (exact) mass is 558 g/mol. The molecule has 4 aromatic rings. The maximum atomic E-state index is 13.4. The van der Waals surface area contributed by atoms with Crippen molar-refractivity contribution >= 4 is 45.8 Å². The summed E-state index contributed by atoms with van der Waals surface area (Å²) in [5.41, 5.74) is 2.95. The van der Waals surface area contributed by atoms with Gasteiger partial charge in [-0.15, -0.1) is 11.3 Å². The lowest BCUT2D eigenvalue weighted by molar-refractivity contribution is -0.123. The summed E-state index contributed by atoms with van der Waals surface area (Å²) in [5, 5.41) is 6.62. The largest absolute Gasteiger partial charge is 0.443 e. The molecule has 0 unspecified atom stereocenters. The predicted molar refractivity (Wildman–Crippen MR) is 156 cm³/mol. The zero-order chi connectivity index (χ0) is 27.3. The molecule has 1 aromatic carbocycles. The summed E-state index contributed by atoms with van der Waals surface area (Å²) in [5.74, 6) is 1.27. The van der Waals surface area contributed by atoms with E-state index >= 15 is 0 Å². The minimum atomic E-state index is -0.200. The summed E-state index contributed by atoms with van der Waals surface area (Å²) in [6.45, 7) is 2.12. The van der Waals surface area contributed by atoms with Crippen molar-refractivity contribution < 1.29 is 14.0 Å². The fraction of sp³-hybridized carbons (Fsp3) is 0.467. The van der Waals surface area contributed by atoms with Gasteiger partial charge in [-0.05, 0) is 74.4 Å². The number of oxazole rings is 1. The molecule has 0 atom stereocenters. The Bertz CT molecular complexity index is 1540. The minimum absolute atomic E-state index is 0.0979. The normalized spacial score (nSPS) is 23.0. The number of carbonyl (C=O) groups is 2. The Morgan fingerprint density at radius 2 is 2.02 bits per heavy atom. The third-order valence-electron chi connectivity index (χ3n) is 9.11. The van der Waals surface area contributed by atoms with Crippen LogP contribution in [0.1, 0.15) is 67.1 Å². The number of benzene rings is 1. The zero-order valence-corrected chi connectivity index (χ0v) is 23.5. The first-order valence-corrected chi connectivity index (χ1v) is 15.1. The lowest BCUT2D eigenvalue weighted by atomic mass is 9.65. The predicted octanol–water partition coefficient (Wildman–Crippen LogP) is 5.86. The smallest absolute Gasteiger partial charge is 0.268 e. The molecule has 1 spiro atoms. The Morgan fingerprint density at radius 3 is 2.77 bits per heavy atom. The average molecular weight is 559 g/mol. The van der Waals surface area contributed by atoms with Crippen molar-refractivity contribution in [3.63, 3.8) is 0 Å². The molecule has 3 aromatic heterocycles. The molecule has 2 aliphatic carbocycles. The highest BCUT2D eigenvalue weighted by Crippen LogP contribution is 2.53. The number of nitrogens with one attached hydrogen (secondary N) is 2. The van der Waals surface area contributed by atoms with E-state index in [0.29, 0.717) is 22.0 Å². The Balaban J connectivity index is 1.19. The molecule has 2 amide bonds. The lowest BCUT2D eigenvalue weighted by Gasteiger charge is -2.46. The molecule has 2 N–H and O–H groups in total. The van der Waals surface area contributed by atoms with Gasteiger partial charge in [-0.25, -0.2) is 9.97 Å². The molecule has 9 nitrogen and oxygen atoms in total. The Labute approximate surface area is 237 Å². The first-order valence-electron chi connectivity index (χ1n) is 14.3. The quantitative estimate of drug-likeness (QED) is 0.307. The van der Waals surface area contributed by atoms with Crippen LogP contribution in [0.5, 0.6) is 0 Å². The molecule has 4 heterocycles. The summed E-state index contributed by atoms with van der Waals surface area (Å²) in [6, 6.07) is 10.0. The molecule has 2 saturated carbocycles. The first kappa shape index (κ1) is 25.5. The molecular weight excluding hydrogens is 524 g/mol. The summed E-state index contributed by atoms with van der Waals surface area (Å²) in [7, 11) is 1.86. The van der Waals surface area contributed by atoms with Gasteiger partial charge in [0.15, 0.2) is 12.2 Å². The van der Waals surface area contributed by atoms with Crippen molar-refractivity contribution in [1.82, 2.24) is 19.9 Å². The van der Waals surface area contributed by atoms with Crippen LogP contribution in [-0.4, -0.2) is 46.5 Å². The number of anilines is 2. The van der Waals surface area contributed by atoms with Gasteiger partial charge in [-0.3, -0.25) is 14.9 Å². The van der Waals surface area contributed by atoms with Crippen molar-refractivity contribution in [3.8, 4) is 10.6 Å². The number of carbonyl (C=O) groups excluding carboxylic acids is 2. The minimum Gasteiger partial charge on any atom is -0.443 e. The first-order chi connectivity index (χ1) is 19.5. The van der Waals surface area contributed by atoms with Crippen LogP contribution in [-0.2, 0) is 4.79 Å². The van der Waals surface area contributed by atoms with E-state index in [0.717, 1.165) is 73.2 Å². The number of rotatable bonds is 6. The van der Waals surface area contributed by atoms with Crippen LogP contribution in [0, 0.1) is 11.3 Å². The number of thiophene rings is 1. The van der Waals surface area contributed by atoms with Gasteiger partial charge in [0.05, 0.1) is 27.0 Å². The number of amides is 2. The van der Waals surface area contributed by atoms with E-state index in [9.17, 15) is 9.59 Å². The van der Waals surface area contributed by atoms with E-state index < -0.39 is 0 Å². The molecule has 7 rings (SSSR count). The van der Waals surface area contributed by atoms with Crippen molar-refractivity contribution in [2.24, 2.45) is 11.3 Å². The van der Waals surface area contributed by atoms with E-state index in [1.165, 1.54) is 30.6 Å². The zero-order valence-electron chi connectivity index (χ0n) is 22.7. The summed E-state index contributed by atoms with van der Waals surface area (Å²) < 4.78 is 7.60. The Morgan fingerprint density at radius 1 is 1.18 bits per heavy atom. The van der Waals surface area contributed by atoms with Crippen LogP contribution in [0.3, 0.4) is 0 Å². The molecule has 1 saturated heterocycles. The van der Waals surface area contributed by atoms with Crippen LogP contribution in [0.2, 0.25) is 0 Å². The maximum absolute atomic E-state index is 13.4. The standard InChI is InChI=1S/C30H34N6O3S/c1-35(28(38)19-5-3-2-4-6-19)20-7-8-23-22(13-20)33-29(36(23)21-14-30(15-21)11-12-31-17-30)34-27(37)26-10-9-25(40-26)24-16-32-18-39-24/h7-10,13,16,18-19,21,31H,2-6,11-12,14-15,17H2,1H3,(H,33,34,37)/t21-,30-. The summed E-state index contributed by atoms with van der Waals surface area (Å²) >= 11 is 1.36. The van der Waals surface area contributed by atoms with Gasteiger partial charge in [0.25, 0.3) is 5.91 Å². The van der Waals surface area contributed by atoms with Gasteiger partial charge in [-0.1, -0.05) is 19.3 Å². The summed E-state index contributed by atoms with van der Waals surface area (Å²) in [4.78, 5) is 38.7. The second-order valence-corrected chi connectivity index (χ2v) is 12.8. The number of nitrogens with zero attached hydrogens (tertiary/aromatic N) is 4. The summed E-state index contributed by atoms with van der Waals surface area (Å²) in [6.07, 6.45) is 11.7. The van der Waals surface area contributed by atoms with Gasteiger partial charge in [0, 0.05) is 31.2 Å². The van der Waals surface area contributed by atoms with Crippen LogP contribution in [0.15, 0.2) is 47.3 Å². The van der Waals surface area contributed by atoms with Crippen LogP contribution in [0.4, 0.5) is 11.6 Å². The number of aromatic nitrogens is 3. The van der Waals surface area contributed by atoms with E-state index in [2.05, 4.69) is 26.3 Å². The van der Waals surface area contributed by atoms with Gasteiger partial charge < -0.3 is 19.2 Å². The van der Waals surface area contributed by atoms with Crippen molar-refractivity contribution in [1.29, 1.82) is 0 Å². The molecule has 40 heavy (non-hydrogen) atoms. The number of imidazole rings is 1. The van der Waals surface area contributed by atoms with Crippen molar-refractivity contribution in [2.75, 3.05) is 30.4 Å². The SMILES string of the molecule is CN(C(=O)C1CCCCC1)c1ccc2c(c1)nc(NC(=O)c1ccc(-c3cnco3)s1)n2[C@H]1C[C@@]2(CCNC2)C1. The van der Waals surface area contributed by atoms with Gasteiger partial charge in [0.1, 0.15) is 0 Å². The van der Waals surface area contributed by atoms with Crippen LogP contribution >= 0.6 is 11.3 Å². The average Bonchev–Trinajstić information content (AvgIpc) is 3.77. The van der Waals surface area contributed by atoms with E-state index in [4.69, 9.17) is 9.40 Å². The molecule has 3 aliphatic rings.